The van der Waals surface area contributed by atoms with Gasteiger partial charge in [0.05, 0.1) is 19.1 Å². The number of nitrogens with zero attached hydrogens (tertiary/aromatic N) is 1. The number of ether oxygens (including phenoxy) is 1. The van der Waals surface area contributed by atoms with Crippen LogP contribution in [0.3, 0.4) is 0 Å². The van der Waals surface area contributed by atoms with Gasteiger partial charge in [-0.15, -0.1) is 0 Å². The Hall–Kier alpha value is -2.86. The standard InChI is InChI=1S/C25H32N2O4.2C2H6/c1-3-31-24(29)12-13-27(17-19-8-5-4-6-9-19)25(30)23-15-22(18(2)16-26-23)20-10-7-11-21(28)14-20;2*1-2/h4-11,14,18,22-23,26,28H,3,12-13,15-17H2,1-2H3;2*1-2H3. The molecule has 1 amide bonds. The minimum absolute atomic E-state index is 0.00907. The molecule has 6 nitrogen and oxygen atoms in total. The highest BCUT2D eigenvalue weighted by atomic mass is 16.5. The molecule has 0 bridgehead atoms. The molecule has 2 N–H and O–H groups in total. The van der Waals surface area contributed by atoms with Gasteiger partial charge in [-0.1, -0.05) is 77.1 Å². The number of carbonyl (C=O) groups excluding carboxylic acids is 2. The molecule has 2 aromatic rings. The fourth-order valence-corrected chi connectivity index (χ4v) is 4.20. The normalized spacial score (nSPS) is 18.7. The van der Waals surface area contributed by atoms with Gasteiger partial charge in [-0.05, 0) is 55.0 Å². The Bertz CT molecular complexity index is 872. The topological polar surface area (TPSA) is 78.9 Å². The molecule has 194 valence electrons. The van der Waals surface area contributed by atoms with Crippen molar-refractivity contribution in [2.45, 2.75) is 72.9 Å². The molecule has 0 spiro atoms. The molecular formula is C29H44N2O4. The van der Waals surface area contributed by atoms with E-state index < -0.39 is 0 Å². The van der Waals surface area contributed by atoms with Gasteiger partial charge in [0.2, 0.25) is 5.91 Å². The lowest BCUT2D eigenvalue weighted by Crippen LogP contribution is -2.52. The first-order valence-corrected chi connectivity index (χ1v) is 13.0. The Morgan fingerprint density at radius 2 is 1.74 bits per heavy atom. The molecule has 1 aliphatic heterocycles. The smallest absolute Gasteiger partial charge is 0.307 e. The number of phenols is 1. The molecule has 3 atom stereocenters. The fourth-order valence-electron chi connectivity index (χ4n) is 4.20. The number of aromatic hydroxyl groups is 1. The summed E-state index contributed by atoms with van der Waals surface area (Å²) in [5.41, 5.74) is 2.07. The van der Waals surface area contributed by atoms with Gasteiger partial charge in [0.1, 0.15) is 5.75 Å². The van der Waals surface area contributed by atoms with E-state index in [1.807, 2.05) is 70.2 Å². The number of phenolic OH excluding ortho intramolecular Hbond substituents is 1. The Balaban J connectivity index is 0.00000145. The number of carbonyl (C=O) groups is 2. The molecule has 1 heterocycles. The molecule has 0 aromatic heterocycles. The average molecular weight is 485 g/mol. The molecule has 2 aromatic carbocycles. The van der Waals surface area contributed by atoms with Gasteiger partial charge in [-0.2, -0.15) is 0 Å². The first-order valence-electron chi connectivity index (χ1n) is 13.0. The van der Waals surface area contributed by atoms with Gasteiger partial charge in [-0.25, -0.2) is 0 Å². The van der Waals surface area contributed by atoms with Crippen molar-refractivity contribution in [2.75, 3.05) is 19.7 Å². The zero-order valence-corrected chi connectivity index (χ0v) is 22.3. The van der Waals surface area contributed by atoms with Crippen molar-refractivity contribution in [1.82, 2.24) is 10.2 Å². The van der Waals surface area contributed by atoms with Crippen LogP contribution in [0.15, 0.2) is 54.6 Å². The SMILES string of the molecule is CC.CC.CCOC(=O)CCN(Cc1ccccc1)C(=O)C1CC(c2cccc(O)c2)C(C)CN1. The van der Waals surface area contributed by atoms with E-state index in [1.165, 1.54) is 0 Å². The number of esters is 1. The lowest BCUT2D eigenvalue weighted by molar-refractivity contribution is -0.144. The fraction of sp³-hybridized carbons (Fsp3) is 0.517. The Labute approximate surface area is 211 Å². The summed E-state index contributed by atoms with van der Waals surface area (Å²) in [7, 11) is 0. The van der Waals surface area contributed by atoms with Crippen LogP contribution in [0.2, 0.25) is 0 Å². The summed E-state index contributed by atoms with van der Waals surface area (Å²) in [6.07, 6.45) is 0.819. The van der Waals surface area contributed by atoms with E-state index in [0.29, 0.717) is 38.6 Å². The maximum absolute atomic E-state index is 13.5. The van der Waals surface area contributed by atoms with Crippen LogP contribution >= 0.6 is 0 Å². The summed E-state index contributed by atoms with van der Waals surface area (Å²) in [6.45, 7) is 13.7. The zero-order valence-electron chi connectivity index (χ0n) is 22.3. The maximum atomic E-state index is 13.5. The van der Waals surface area contributed by atoms with Crippen molar-refractivity contribution in [3.63, 3.8) is 0 Å². The highest BCUT2D eigenvalue weighted by Gasteiger charge is 2.34. The molecule has 1 aliphatic rings. The number of hydrogen-bond acceptors (Lipinski definition) is 5. The lowest BCUT2D eigenvalue weighted by atomic mass is 9.79. The van der Waals surface area contributed by atoms with Gasteiger partial charge < -0.3 is 20.1 Å². The Morgan fingerprint density at radius 3 is 2.37 bits per heavy atom. The predicted octanol–water partition coefficient (Wildman–Crippen LogP) is 5.51. The second kappa shape index (κ2) is 16.7. The van der Waals surface area contributed by atoms with Crippen LogP contribution < -0.4 is 5.32 Å². The maximum Gasteiger partial charge on any atom is 0.307 e. The summed E-state index contributed by atoms with van der Waals surface area (Å²) in [5, 5.41) is 13.3. The summed E-state index contributed by atoms with van der Waals surface area (Å²) in [5.74, 6) is 0.451. The van der Waals surface area contributed by atoms with Crippen LogP contribution in [-0.4, -0.2) is 47.6 Å². The average Bonchev–Trinajstić information content (AvgIpc) is 2.89. The molecule has 1 saturated heterocycles. The van der Waals surface area contributed by atoms with Gasteiger partial charge in [-0.3, -0.25) is 9.59 Å². The molecule has 1 fully saturated rings. The van der Waals surface area contributed by atoms with Crippen molar-refractivity contribution < 1.29 is 19.4 Å². The quantitative estimate of drug-likeness (QED) is 0.483. The molecule has 35 heavy (non-hydrogen) atoms. The van der Waals surface area contributed by atoms with Crippen LogP contribution in [0, 0.1) is 5.92 Å². The van der Waals surface area contributed by atoms with Crippen molar-refractivity contribution >= 4 is 11.9 Å². The first kappa shape index (κ1) is 30.2. The largest absolute Gasteiger partial charge is 0.508 e. The van der Waals surface area contributed by atoms with Gasteiger partial charge in [0.25, 0.3) is 0 Å². The Morgan fingerprint density at radius 1 is 1.06 bits per heavy atom. The summed E-state index contributed by atoms with van der Waals surface area (Å²) >= 11 is 0. The van der Waals surface area contributed by atoms with Crippen LogP contribution in [0.25, 0.3) is 0 Å². The summed E-state index contributed by atoms with van der Waals surface area (Å²) in [6, 6.07) is 16.8. The monoisotopic (exact) mass is 484 g/mol. The highest BCUT2D eigenvalue weighted by molar-refractivity contribution is 5.82. The van der Waals surface area contributed by atoms with E-state index in [1.54, 1.807) is 24.0 Å². The van der Waals surface area contributed by atoms with E-state index in [2.05, 4.69) is 12.2 Å². The number of benzene rings is 2. The molecule has 0 aliphatic carbocycles. The number of rotatable bonds is 8. The molecule has 0 radical (unpaired) electrons. The summed E-state index contributed by atoms with van der Waals surface area (Å²) in [4.78, 5) is 27.1. The molecular weight excluding hydrogens is 440 g/mol. The minimum atomic E-state index is -0.338. The van der Waals surface area contributed by atoms with E-state index in [0.717, 1.165) is 11.1 Å². The van der Waals surface area contributed by atoms with Crippen LogP contribution in [-0.2, 0) is 20.9 Å². The minimum Gasteiger partial charge on any atom is -0.508 e. The second-order valence-electron chi connectivity index (χ2n) is 8.18. The zero-order chi connectivity index (χ0) is 26.2. The second-order valence-corrected chi connectivity index (χ2v) is 8.18. The molecule has 3 unspecified atom stereocenters. The van der Waals surface area contributed by atoms with Crippen LogP contribution in [0.4, 0.5) is 0 Å². The molecule has 6 heteroatoms. The third-order valence-electron chi connectivity index (χ3n) is 5.88. The molecule has 0 saturated carbocycles. The van der Waals surface area contributed by atoms with E-state index in [9.17, 15) is 14.7 Å². The number of nitrogens with one attached hydrogen (secondary N) is 1. The number of amides is 1. The van der Waals surface area contributed by atoms with Crippen LogP contribution in [0.5, 0.6) is 5.75 Å². The lowest BCUT2D eigenvalue weighted by Gasteiger charge is -2.37. The van der Waals surface area contributed by atoms with Crippen molar-refractivity contribution in [2.24, 2.45) is 5.92 Å². The first-order chi connectivity index (χ1) is 17.0. The Kier molecular flexibility index (Phi) is 14.4. The third-order valence-corrected chi connectivity index (χ3v) is 5.88. The molecule has 3 rings (SSSR count). The summed E-state index contributed by atoms with van der Waals surface area (Å²) < 4.78 is 5.05. The van der Waals surface area contributed by atoms with E-state index in [4.69, 9.17) is 4.74 Å². The van der Waals surface area contributed by atoms with Crippen molar-refractivity contribution in [3.8, 4) is 5.75 Å². The van der Waals surface area contributed by atoms with Gasteiger partial charge in [0.15, 0.2) is 0 Å². The third kappa shape index (κ3) is 9.73. The van der Waals surface area contributed by atoms with E-state index in [-0.39, 0.29) is 36.0 Å². The van der Waals surface area contributed by atoms with Crippen molar-refractivity contribution in [1.29, 1.82) is 0 Å². The van der Waals surface area contributed by atoms with Gasteiger partial charge in [0, 0.05) is 13.1 Å². The van der Waals surface area contributed by atoms with Gasteiger partial charge >= 0.3 is 5.97 Å². The highest BCUT2D eigenvalue weighted by Crippen LogP contribution is 2.34. The number of piperidine rings is 1. The van der Waals surface area contributed by atoms with Crippen LogP contribution in [0.1, 0.15) is 71.4 Å². The van der Waals surface area contributed by atoms with Crippen molar-refractivity contribution in [3.05, 3.63) is 65.7 Å². The van der Waals surface area contributed by atoms with E-state index >= 15 is 0 Å². The predicted molar refractivity (Wildman–Crippen MR) is 142 cm³/mol. The number of hydrogen-bond donors (Lipinski definition) is 2.